The number of aryl methyl sites for hydroxylation is 2. The summed E-state index contributed by atoms with van der Waals surface area (Å²) >= 11 is 3.44. The molecule has 0 fully saturated rings. The Morgan fingerprint density at radius 1 is 1.08 bits per heavy atom. The third kappa shape index (κ3) is 4.38. The molecule has 1 amide bonds. The molecular weight excluding hydrogens is 370 g/mol. The number of hydrogen-bond donors (Lipinski definition) is 1. The Morgan fingerprint density at radius 3 is 2.46 bits per heavy atom. The summed E-state index contributed by atoms with van der Waals surface area (Å²) in [7, 11) is 3.15. The van der Waals surface area contributed by atoms with Crippen LogP contribution in [0.25, 0.3) is 6.08 Å². The van der Waals surface area contributed by atoms with Gasteiger partial charge < -0.3 is 14.8 Å². The molecule has 0 radical (unpaired) electrons. The van der Waals surface area contributed by atoms with Crippen LogP contribution in [-0.4, -0.2) is 20.1 Å². The number of hydrogen-bond acceptors (Lipinski definition) is 3. The Bertz CT molecular complexity index is 784. The lowest BCUT2D eigenvalue weighted by Gasteiger charge is -2.10. The molecule has 1 N–H and O–H groups in total. The van der Waals surface area contributed by atoms with Gasteiger partial charge in [0.25, 0.3) is 0 Å². The highest BCUT2D eigenvalue weighted by Gasteiger charge is 2.09. The standard InChI is InChI=1S/C19H20BrNO3/c1-12-5-7-15(9-13(12)2)21-18(22)8-6-14-10-16(20)19(24-4)17(11-14)23-3/h5-11H,1-4H3,(H,21,22). The Balaban J connectivity index is 2.13. The third-order valence-electron chi connectivity index (χ3n) is 3.66. The number of rotatable bonds is 5. The number of benzene rings is 2. The molecule has 4 nitrogen and oxygen atoms in total. The van der Waals surface area contributed by atoms with Crippen molar-refractivity contribution in [3.63, 3.8) is 0 Å². The first kappa shape index (κ1) is 18.1. The van der Waals surface area contributed by atoms with Crippen LogP contribution in [0.1, 0.15) is 16.7 Å². The normalized spacial score (nSPS) is 10.7. The van der Waals surface area contributed by atoms with Crippen LogP contribution < -0.4 is 14.8 Å². The maximum atomic E-state index is 12.1. The quantitative estimate of drug-likeness (QED) is 0.751. The van der Waals surface area contributed by atoms with E-state index in [1.54, 1.807) is 20.3 Å². The van der Waals surface area contributed by atoms with Crippen molar-refractivity contribution in [1.82, 2.24) is 0 Å². The second kappa shape index (κ2) is 8.02. The number of methoxy groups -OCH3 is 2. The van der Waals surface area contributed by atoms with E-state index in [4.69, 9.17) is 9.47 Å². The molecule has 2 aromatic rings. The SMILES string of the molecule is COc1cc(C=CC(=O)Nc2ccc(C)c(C)c2)cc(Br)c1OC. The second-order valence-corrected chi connectivity index (χ2v) is 6.21. The molecule has 0 saturated heterocycles. The monoisotopic (exact) mass is 389 g/mol. The zero-order chi connectivity index (χ0) is 17.7. The Kier molecular flexibility index (Phi) is 6.04. The molecule has 0 unspecified atom stereocenters. The zero-order valence-corrected chi connectivity index (χ0v) is 15.7. The van der Waals surface area contributed by atoms with E-state index in [-0.39, 0.29) is 5.91 Å². The van der Waals surface area contributed by atoms with Crippen LogP contribution in [0.4, 0.5) is 5.69 Å². The number of halogens is 1. The molecule has 0 aliphatic heterocycles. The van der Waals surface area contributed by atoms with Gasteiger partial charge in [0, 0.05) is 11.8 Å². The van der Waals surface area contributed by atoms with Crippen LogP contribution in [-0.2, 0) is 4.79 Å². The molecule has 2 aromatic carbocycles. The van der Waals surface area contributed by atoms with Crippen molar-refractivity contribution in [2.75, 3.05) is 19.5 Å². The van der Waals surface area contributed by atoms with Crippen LogP contribution in [0.3, 0.4) is 0 Å². The van der Waals surface area contributed by atoms with Crippen molar-refractivity contribution in [3.8, 4) is 11.5 Å². The second-order valence-electron chi connectivity index (χ2n) is 5.36. The first-order valence-electron chi connectivity index (χ1n) is 7.42. The molecule has 0 aromatic heterocycles. The summed E-state index contributed by atoms with van der Waals surface area (Å²) in [5, 5.41) is 2.85. The Hall–Kier alpha value is -2.27. The number of nitrogens with one attached hydrogen (secondary N) is 1. The summed E-state index contributed by atoms with van der Waals surface area (Å²) in [5.74, 6) is 1.03. The molecule has 0 spiro atoms. The van der Waals surface area contributed by atoms with Crippen LogP contribution in [0.15, 0.2) is 40.9 Å². The van der Waals surface area contributed by atoms with Gasteiger partial charge in [-0.3, -0.25) is 4.79 Å². The first-order chi connectivity index (χ1) is 11.4. The predicted octanol–water partition coefficient (Wildman–Crippen LogP) is 4.74. The minimum atomic E-state index is -0.191. The van der Waals surface area contributed by atoms with Gasteiger partial charge in [-0.15, -0.1) is 0 Å². The van der Waals surface area contributed by atoms with Crippen LogP contribution >= 0.6 is 15.9 Å². The fourth-order valence-electron chi connectivity index (χ4n) is 2.21. The number of carbonyl (C=O) groups excluding carboxylic acids is 1. The highest BCUT2D eigenvalue weighted by Crippen LogP contribution is 2.36. The molecular formula is C19H20BrNO3. The average molecular weight is 390 g/mol. The largest absolute Gasteiger partial charge is 0.493 e. The number of ether oxygens (including phenoxy) is 2. The van der Waals surface area contributed by atoms with E-state index in [0.717, 1.165) is 21.3 Å². The lowest BCUT2D eigenvalue weighted by Crippen LogP contribution is -2.07. The summed E-state index contributed by atoms with van der Waals surface area (Å²) < 4.78 is 11.3. The van der Waals surface area contributed by atoms with E-state index >= 15 is 0 Å². The van der Waals surface area contributed by atoms with Gasteiger partial charge in [-0.2, -0.15) is 0 Å². The third-order valence-corrected chi connectivity index (χ3v) is 4.25. The van der Waals surface area contributed by atoms with Crippen molar-refractivity contribution < 1.29 is 14.3 Å². The smallest absolute Gasteiger partial charge is 0.248 e. The van der Waals surface area contributed by atoms with Crippen LogP contribution in [0, 0.1) is 13.8 Å². The maximum Gasteiger partial charge on any atom is 0.248 e. The lowest BCUT2D eigenvalue weighted by molar-refractivity contribution is -0.111. The van der Waals surface area contributed by atoms with E-state index in [1.165, 1.54) is 11.6 Å². The molecule has 0 saturated carbocycles. The highest BCUT2D eigenvalue weighted by atomic mass is 79.9. The van der Waals surface area contributed by atoms with Gasteiger partial charge in [-0.05, 0) is 76.8 Å². The molecule has 0 aliphatic rings. The van der Waals surface area contributed by atoms with Gasteiger partial charge in [0.05, 0.1) is 18.7 Å². The van der Waals surface area contributed by atoms with Gasteiger partial charge in [-0.25, -0.2) is 0 Å². The van der Waals surface area contributed by atoms with Gasteiger partial charge >= 0.3 is 0 Å². The van der Waals surface area contributed by atoms with Crippen molar-refractivity contribution in [3.05, 3.63) is 57.6 Å². The Labute approximate surface area is 150 Å². The lowest BCUT2D eigenvalue weighted by atomic mass is 10.1. The van der Waals surface area contributed by atoms with Crippen LogP contribution in [0.2, 0.25) is 0 Å². The van der Waals surface area contributed by atoms with Crippen molar-refractivity contribution in [1.29, 1.82) is 0 Å². The molecule has 0 heterocycles. The zero-order valence-electron chi connectivity index (χ0n) is 14.1. The molecule has 0 atom stereocenters. The summed E-state index contributed by atoms with van der Waals surface area (Å²) in [5.41, 5.74) is 3.94. The predicted molar refractivity (Wildman–Crippen MR) is 101 cm³/mol. The van der Waals surface area contributed by atoms with E-state index < -0.39 is 0 Å². The summed E-state index contributed by atoms with van der Waals surface area (Å²) in [4.78, 5) is 12.1. The van der Waals surface area contributed by atoms with E-state index in [1.807, 2.05) is 44.2 Å². The molecule has 0 aliphatic carbocycles. The van der Waals surface area contributed by atoms with E-state index in [2.05, 4.69) is 21.2 Å². The van der Waals surface area contributed by atoms with Gasteiger partial charge in [0.15, 0.2) is 11.5 Å². The van der Waals surface area contributed by atoms with E-state index in [0.29, 0.717) is 11.5 Å². The van der Waals surface area contributed by atoms with Crippen molar-refractivity contribution in [2.45, 2.75) is 13.8 Å². The molecule has 2 rings (SSSR count). The number of carbonyl (C=O) groups is 1. The van der Waals surface area contributed by atoms with Crippen molar-refractivity contribution >= 4 is 33.6 Å². The topological polar surface area (TPSA) is 47.6 Å². The summed E-state index contributed by atoms with van der Waals surface area (Å²) in [6, 6.07) is 9.50. The van der Waals surface area contributed by atoms with Gasteiger partial charge in [0.2, 0.25) is 5.91 Å². The molecule has 24 heavy (non-hydrogen) atoms. The first-order valence-corrected chi connectivity index (χ1v) is 8.21. The Morgan fingerprint density at radius 2 is 1.83 bits per heavy atom. The van der Waals surface area contributed by atoms with E-state index in [9.17, 15) is 4.79 Å². The summed E-state index contributed by atoms with van der Waals surface area (Å²) in [6.45, 7) is 4.05. The fraction of sp³-hybridized carbons (Fsp3) is 0.211. The molecule has 5 heteroatoms. The molecule has 0 bridgehead atoms. The molecule has 126 valence electrons. The van der Waals surface area contributed by atoms with Crippen molar-refractivity contribution in [2.24, 2.45) is 0 Å². The average Bonchev–Trinajstić information content (AvgIpc) is 2.55. The minimum Gasteiger partial charge on any atom is -0.493 e. The fourth-order valence-corrected chi connectivity index (χ4v) is 2.83. The van der Waals surface area contributed by atoms with Gasteiger partial charge in [0.1, 0.15) is 0 Å². The van der Waals surface area contributed by atoms with Gasteiger partial charge in [-0.1, -0.05) is 6.07 Å². The maximum absolute atomic E-state index is 12.1. The van der Waals surface area contributed by atoms with Crippen LogP contribution in [0.5, 0.6) is 11.5 Å². The highest BCUT2D eigenvalue weighted by molar-refractivity contribution is 9.10. The summed E-state index contributed by atoms with van der Waals surface area (Å²) in [6.07, 6.45) is 3.21. The number of anilines is 1. The number of amides is 1. The minimum absolute atomic E-state index is 0.191.